The quantitative estimate of drug-likeness (QED) is 0.719. The molecule has 1 aromatic heterocycles. The van der Waals surface area contributed by atoms with Crippen LogP contribution in [-0.4, -0.2) is 63.8 Å². The van der Waals surface area contributed by atoms with E-state index < -0.39 is 9.84 Å². The van der Waals surface area contributed by atoms with Gasteiger partial charge in [-0.05, 0) is 20.3 Å². The number of amides is 1. The highest BCUT2D eigenvalue weighted by Gasteiger charge is 2.33. The van der Waals surface area contributed by atoms with Crippen LogP contribution in [0.25, 0.3) is 0 Å². The minimum absolute atomic E-state index is 0.0507. The van der Waals surface area contributed by atoms with Gasteiger partial charge in [0.15, 0.2) is 15.0 Å². The number of carbonyl (C=O) groups is 1. The molecule has 1 atom stereocenters. The number of carbonyl (C=O) groups excluding carboxylic acids is 1. The van der Waals surface area contributed by atoms with Crippen molar-refractivity contribution in [3.63, 3.8) is 0 Å². The molecule has 2 rings (SSSR count). The molecule has 118 valence electrons. The Morgan fingerprint density at radius 1 is 1.48 bits per heavy atom. The first kappa shape index (κ1) is 16.3. The van der Waals surface area contributed by atoms with Crippen LogP contribution in [-0.2, 0) is 21.7 Å². The summed E-state index contributed by atoms with van der Waals surface area (Å²) < 4.78 is 24.9. The molecular formula is C12H20N4O3S2. The molecule has 0 unspecified atom stereocenters. The highest BCUT2D eigenvalue weighted by molar-refractivity contribution is 7.99. The van der Waals surface area contributed by atoms with Crippen LogP contribution in [0, 0.1) is 6.92 Å². The molecule has 0 bridgehead atoms. The van der Waals surface area contributed by atoms with Crippen molar-refractivity contribution in [2.45, 2.75) is 31.5 Å². The van der Waals surface area contributed by atoms with Gasteiger partial charge in [0.1, 0.15) is 5.82 Å². The van der Waals surface area contributed by atoms with E-state index in [0.717, 1.165) is 5.82 Å². The van der Waals surface area contributed by atoms with Crippen LogP contribution < -0.4 is 0 Å². The van der Waals surface area contributed by atoms with Gasteiger partial charge in [-0.25, -0.2) is 8.42 Å². The van der Waals surface area contributed by atoms with Gasteiger partial charge < -0.3 is 9.47 Å². The molecule has 0 radical (unpaired) electrons. The SMILES string of the molecule is CCN(C(=O)CSc1nnc(C)n1C)[C@@H]1CCS(=O)(=O)C1. The van der Waals surface area contributed by atoms with Crippen LogP contribution in [0.2, 0.25) is 0 Å². The summed E-state index contributed by atoms with van der Waals surface area (Å²) in [6.07, 6.45) is 0.537. The molecule has 0 aromatic carbocycles. The number of hydrogen-bond acceptors (Lipinski definition) is 6. The zero-order chi connectivity index (χ0) is 15.6. The zero-order valence-electron chi connectivity index (χ0n) is 12.4. The van der Waals surface area contributed by atoms with E-state index in [-0.39, 0.29) is 29.2 Å². The van der Waals surface area contributed by atoms with Crippen molar-refractivity contribution in [2.24, 2.45) is 7.05 Å². The highest BCUT2D eigenvalue weighted by atomic mass is 32.2. The van der Waals surface area contributed by atoms with E-state index in [9.17, 15) is 13.2 Å². The summed E-state index contributed by atoms with van der Waals surface area (Å²) in [5.41, 5.74) is 0. The van der Waals surface area contributed by atoms with Gasteiger partial charge in [0.25, 0.3) is 0 Å². The molecule has 1 aromatic rings. The Bertz CT molecular complexity index is 626. The van der Waals surface area contributed by atoms with Gasteiger partial charge >= 0.3 is 0 Å². The van der Waals surface area contributed by atoms with Crippen molar-refractivity contribution in [1.29, 1.82) is 0 Å². The van der Waals surface area contributed by atoms with Crippen molar-refractivity contribution in [2.75, 3.05) is 23.8 Å². The van der Waals surface area contributed by atoms with Crippen molar-refractivity contribution in [3.05, 3.63) is 5.82 Å². The third-order valence-electron chi connectivity index (χ3n) is 3.69. The Hall–Kier alpha value is -1.09. The molecule has 1 aliphatic rings. The Morgan fingerprint density at radius 3 is 2.67 bits per heavy atom. The lowest BCUT2D eigenvalue weighted by Crippen LogP contribution is -2.42. The van der Waals surface area contributed by atoms with Crippen LogP contribution in [0.5, 0.6) is 0 Å². The maximum absolute atomic E-state index is 12.3. The second-order valence-corrected chi connectivity index (χ2v) is 8.29. The van der Waals surface area contributed by atoms with Gasteiger partial charge in [0.05, 0.1) is 17.3 Å². The number of thioether (sulfide) groups is 1. The Balaban J connectivity index is 1.96. The molecule has 7 nitrogen and oxygen atoms in total. The fourth-order valence-corrected chi connectivity index (χ4v) is 4.96. The van der Waals surface area contributed by atoms with E-state index in [0.29, 0.717) is 18.1 Å². The van der Waals surface area contributed by atoms with Gasteiger partial charge in [0, 0.05) is 19.6 Å². The molecular weight excluding hydrogens is 312 g/mol. The molecule has 1 fully saturated rings. The summed E-state index contributed by atoms with van der Waals surface area (Å²) in [5, 5.41) is 8.64. The van der Waals surface area contributed by atoms with E-state index in [4.69, 9.17) is 0 Å². The standard InChI is InChI=1S/C12H20N4O3S2/c1-4-16(10-5-6-21(18,19)8-10)11(17)7-20-12-14-13-9(2)15(12)3/h10H,4-8H2,1-3H3/t10-/m1/s1. The van der Waals surface area contributed by atoms with Crippen LogP contribution in [0.15, 0.2) is 5.16 Å². The lowest BCUT2D eigenvalue weighted by Gasteiger charge is -2.26. The fraction of sp³-hybridized carbons (Fsp3) is 0.750. The number of nitrogens with zero attached hydrogens (tertiary/aromatic N) is 4. The second-order valence-electron chi connectivity index (χ2n) is 5.11. The van der Waals surface area contributed by atoms with Crippen LogP contribution in [0.3, 0.4) is 0 Å². The molecule has 2 heterocycles. The smallest absolute Gasteiger partial charge is 0.233 e. The number of sulfone groups is 1. The number of aryl methyl sites for hydroxylation is 1. The molecule has 21 heavy (non-hydrogen) atoms. The predicted octanol–water partition coefficient (Wildman–Crippen LogP) is 0.251. The summed E-state index contributed by atoms with van der Waals surface area (Å²) in [4.78, 5) is 14.0. The molecule has 1 saturated heterocycles. The van der Waals surface area contributed by atoms with Gasteiger partial charge in [-0.1, -0.05) is 11.8 Å². The number of rotatable bonds is 5. The van der Waals surface area contributed by atoms with Gasteiger partial charge in [0.2, 0.25) is 5.91 Å². The third-order valence-corrected chi connectivity index (χ3v) is 6.44. The van der Waals surface area contributed by atoms with E-state index in [2.05, 4.69) is 10.2 Å². The zero-order valence-corrected chi connectivity index (χ0v) is 14.1. The minimum Gasteiger partial charge on any atom is -0.338 e. The maximum atomic E-state index is 12.3. The van der Waals surface area contributed by atoms with Crippen LogP contribution in [0.1, 0.15) is 19.2 Å². The molecule has 1 aliphatic heterocycles. The van der Waals surface area contributed by atoms with Gasteiger partial charge in [-0.3, -0.25) is 4.79 Å². The summed E-state index contributed by atoms with van der Waals surface area (Å²) in [6.45, 7) is 4.25. The summed E-state index contributed by atoms with van der Waals surface area (Å²) in [7, 11) is -1.13. The third kappa shape index (κ3) is 3.76. The van der Waals surface area contributed by atoms with E-state index in [1.807, 2.05) is 25.5 Å². The van der Waals surface area contributed by atoms with Gasteiger partial charge in [-0.2, -0.15) is 0 Å². The van der Waals surface area contributed by atoms with E-state index >= 15 is 0 Å². The lowest BCUT2D eigenvalue weighted by atomic mass is 10.2. The summed E-state index contributed by atoms with van der Waals surface area (Å²) >= 11 is 1.33. The van der Waals surface area contributed by atoms with Crippen molar-refractivity contribution in [3.8, 4) is 0 Å². The van der Waals surface area contributed by atoms with Crippen molar-refractivity contribution >= 4 is 27.5 Å². The topological polar surface area (TPSA) is 85.2 Å². The predicted molar refractivity (Wildman–Crippen MR) is 80.9 cm³/mol. The van der Waals surface area contributed by atoms with E-state index in [1.54, 1.807) is 4.90 Å². The first-order valence-corrected chi connectivity index (χ1v) is 9.63. The largest absolute Gasteiger partial charge is 0.338 e. The molecule has 0 N–H and O–H groups in total. The molecule has 0 spiro atoms. The lowest BCUT2D eigenvalue weighted by molar-refractivity contribution is -0.129. The Labute approximate surface area is 129 Å². The van der Waals surface area contributed by atoms with E-state index in [1.165, 1.54) is 11.8 Å². The number of hydrogen-bond donors (Lipinski definition) is 0. The van der Waals surface area contributed by atoms with Crippen LogP contribution >= 0.6 is 11.8 Å². The molecule has 0 saturated carbocycles. The molecule has 0 aliphatic carbocycles. The molecule has 1 amide bonds. The highest BCUT2D eigenvalue weighted by Crippen LogP contribution is 2.21. The average Bonchev–Trinajstić information content (AvgIpc) is 2.93. The summed E-state index contributed by atoms with van der Waals surface area (Å²) in [5.74, 6) is 1.25. The Kier molecular flexibility index (Phi) is 4.92. The van der Waals surface area contributed by atoms with Gasteiger partial charge in [-0.15, -0.1) is 10.2 Å². The summed E-state index contributed by atoms with van der Waals surface area (Å²) in [6, 6.07) is -0.186. The fourth-order valence-electron chi connectivity index (χ4n) is 2.38. The van der Waals surface area contributed by atoms with Crippen molar-refractivity contribution in [1.82, 2.24) is 19.7 Å². The Morgan fingerprint density at radius 2 is 2.19 bits per heavy atom. The molecule has 9 heteroatoms. The van der Waals surface area contributed by atoms with Crippen LogP contribution in [0.4, 0.5) is 0 Å². The number of aromatic nitrogens is 3. The normalized spacial score (nSPS) is 20.6. The maximum Gasteiger partial charge on any atom is 0.233 e. The average molecular weight is 332 g/mol. The second kappa shape index (κ2) is 6.35. The minimum atomic E-state index is -2.98. The first-order valence-electron chi connectivity index (χ1n) is 6.82. The first-order chi connectivity index (χ1) is 9.84. The van der Waals surface area contributed by atoms with Crippen molar-refractivity contribution < 1.29 is 13.2 Å². The monoisotopic (exact) mass is 332 g/mol.